The summed E-state index contributed by atoms with van der Waals surface area (Å²) in [6.45, 7) is 4.00. The minimum atomic E-state index is 0.226. The van der Waals surface area contributed by atoms with Gasteiger partial charge in [0.15, 0.2) is 0 Å². The van der Waals surface area contributed by atoms with E-state index >= 15 is 0 Å². The lowest BCUT2D eigenvalue weighted by Gasteiger charge is -1.94. The van der Waals surface area contributed by atoms with Crippen molar-refractivity contribution in [2.24, 2.45) is 0 Å². The van der Waals surface area contributed by atoms with Crippen molar-refractivity contribution < 1.29 is 9.29 Å². The minimum Gasteiger partial charge on any atom is -0.508 e. The van der Waals surface area contributed by atoms with Crippen LogP contribution in [0.25, 0.3) is 0 Å². The molecule has 0 aromatic heterocycles. The SMILES string of the molecule is CC.Oc1ccc(OS)cc1. The summed E-state index contributed by atoms with van der Waals surface area (Å²) < 4.78 is 4.55. The summed E-state index contributed by atoms with van der Waals surface area (Å²) in [6.07, 6.45) is 0. The van der Waals surface area contributed by atoms with Crippen LogP contribution >= 0.6 is 12.9 Å². The third-order valence-electron chi connectivity index (χ3n) is 0.942. The fourth-order valence-corrected chi connectivity index (χ4v) is 0.629. The van der Waals surface area contributed by atoms with Gasteiger partial charge in [0.1, 0.15) is 11.5 Å². The van der Waals surface area contributed by atoms with Gasteiger partial charge in [-0.1, -0.05) is 13.8 Å². The first kappa shape index (κ1) is 10.2. The quantitative estimate of drug-likeness (QED) is 0.503. The molecule has 0 fully saturated rings. The predicted molar refractivity (Wildman–Crippen MR) is 49.1 cm³/mol. The fraction of sp³-hybridized carbons (Fsp3) is 0.250. The molecule has 1 aromatic rings. The van der Waals surface area contributed by atoms with Crippen molar-refractivity contribution in [1.29, 1.82) is 0 Å². The van der Waals surface area contributed by atoms with E-state index in [0.717, 1.165) is 0 Å². The largest absolute Gasteiger partial charge is 0.508 e. The van der Waals surface area contributed by atoms with Gasteiger partial charge in [0, 0.05) is 12.9 Å². The molecule has 0 amide bonds. The number of phenolic OH excluding ortho intramolecular Hbond substituents is 1. The van der Waals surface area contributed by atoms with Crippen LogP contribution in [0, 0.1) is 0 Å². The first-order chi connectivity index (χ1) is 5.33. The molecular formula is C8H12O2S. The molecule has 3 heteroatoms. The van der Waals surface area contributed by atoms with Gasteiger partial charge in [-0.2, -0.15) is 0 Å². The Hall–Kier alpha value is -0.830. The standard InChI is InChI=1S/C6H6O2S.C2H6/c7-5-1-3-6(8-9)4-2-5;1-2/h1-4,7,9H;1-2H3. The summed E-state index contributed by atoms with van der Waals surface area (Å²) >= 11 is 3.56. The molecule has 1 rings (SSSR count). The van der Waals surface area contributed by atoms with Gasteiger partial charge < -0.3 is 9.29 Å². The van der Waals surface area contributed by atoms with E-state index in [1.54, 1.807) is 12.1 Å². The molecule has 0 saturated carbocycles. The number of rotatable bonds is 1. The number of hydrogen-bond acceptors (Lipinski definition) is 3. The van der Waals surface area contributed by atoms with Crippen molar-refractivity contribution in [2.45, 2.75) is 13.8 Å². The van der Waals surface area contributed by atoms with Crippen LogP contribution in [0.5, 0.6) is 11.5 Å². The third-order valence-corrected chi connectivity index (χ3v) is 1.15. The fourth-order valence-electron chi connectivity index (χ4n) is 0.507. The smallest absolute Gasteiger partial charge is 0.137 e. The number of aromatic hydroxyl groups is 1. The summed E-state index contributed by atoms with van der Waals surface area (Å²) in [7, 11) is 0. The van der Waals surface area contributed by atoms with Crippen LogP contribution < -0.4 is 4.18 Å². The highest BCUT2D eigenvalue weighted by Gasteiger charge is 1.88. The molecule has 1 N–H and O–H groups in total. The zero-order valence-corrected chi connectivity index (χ0v) is 7.51. The van der Waals surface area contributed by atoms with E-state index < -0.39 is 0 Å². The molecule has 62 valence electrons. The van der Waals surface area contributed by atoms with E-state index in [1.807, 2.05) is 13.8 Å². The zero-order chi connectivity index (χ0) is 8.69. The van der Waals surface area contributed by atoms with Crippen molar-refractivity contribution in [2.75, 3.05) is 0 Å². The molecule has 2 nitrogen and oxygen atoms in total. The molecule has 0 bridgehead atoms. The Morgan fingerprint density at radius 1 is 1.18 bits per heavy atom. The maximum Gasteiger partial charge on any atom is 0.137 e. The lowest BCUT2D eigenvalue weighted by molar-refractivity contribution is 0.474. The molecule has 1 aromatic carbocycles. The Balaban J connectivity index is 0.000000461. The van der Waals surface area contributed by atoms with E-state index in [1.165, 1.54) is 12.1 Å². The van der Waals surface area contributed by atoms with Crippen LogP contribution in [0.1, 0.15) is 13.8 Å². The number of benzene rings is 1. The van der Waals surface area contributed by atoms with Crippen molar-refractivity contribution in [3.8, 4) is 11.5 Å². The van der Waals surface area contributed by atoms with Crippen molar-refractivity contribution >= 4 is 12.9 Å². The van der Waals surface area contributed by atoms with E-state index in [9.17, 15) is 0 Å². The Morgan fingerprint density at radius 3 is 2.00 bits per heavy atom. The van der Waals surface area contributed by atoms with Crippen molar-refractivity contribution in [3.63, 3.8) is 0 Å². The minimum absolute atomic E-state index is 0.226. The maximum atomic E-state index is 8.77. The molecule has 0 atom stereocenters. The monoisotopic (exact) mass is 172 g/mol. The number of hydrogen-bond donors (Lipinski definition) is 2. The van der Waals surface area contributed by atoms with Gasteiger partial charge in [0.05, 0.1) is 0 Å². The normalized spacial score (nSPS) is 7.91. The summed E-state index contributed by atoms with van der Waals surface area (Å²) in [4.78, 5) is 0. The first-order valence-electron chi connectivity index (χ1n) is 3.43. The summed E-state index contributed by atoms with van der Waals surface area (Å²) in [5.41, 5.74) is 0. The van der Waals surface area contributed by atoms with E-state index in [-0.39, 0.29) is 5.75 Å². The predicted octanol–water partition coefficient (Wildman–Crippen LogP) is 2.64. The first-order valence-corrected chi connectivity index (χ1v) is 3.80. The second-order valence-corrected chi connectivity index (χ2v) is 1.77. The Labute approximate surface area is 72.4 Å². The van der Waals surface area contributed by atoms with E-state index in [4.69, 9.17) is 5.11 Å². The van der Waals surface area contributed by atoms with Crippen molar-refractivity contribution in [3.05, 3.63) is 24.3 Å². The summed E-state index contributed by atoms with van der Waals surface area (Å²) in [5, 5.41) is 8.77. The van der Waals surface area contributed by atoms with Gasteiger partial charge in [-0.05, 0) is 24.3 Å². The van der Waals surface area contributed by atoms with Gasteiger partial charge in [0.2, 0.25) is 0 Å². The highest BCUT2D eigenvalue weighted by molar-refractivity contribution is 7.75. The Bertz CT molecular complexity index is 184. The maximum absolute atomic E-state index is 8.77. The summed E-state index contributed by atoms with van der Waals surface area (Å²) in [5.74, 6) is 0.847. The average Bonchev–Trinajstić information content (AvgIpc) is 2.10. The molecule has 0 unspecified atom stereocenters. The lowest BCUT2D eigenvalue weighted by atomic mass is 10.3. The summed E-state index contributed by atoms with van der Waals surface area (Å²) in [6, 6.07) is 6.32. The highest BCUT2D eigenvalue weighted by atomic mass is 32.1. The molecule has 0 saturated heterocycles. The molecule has 0 radical (unpaired) electrons. The average molecular weight is 172 g/mol. The number of phenols is 1. The van der Waals surface area contributed by atoms with Crippen LogP contribution in [0.4, 0.5) is 0 Å². The molecule has 0 aliphatic rings. The molecular weight excluding hydrogens is 160 g/mol. The number of thiol groups is 1. The third kappa shape index (κ3) is 3.78. The molecule has 0 aliphatic carbocycles. The van der Waals surface area contributed by atoms with Crippen LogP contribution in [0.15, 0.2) is 24.3 Å². The second-order valence-electron chi connectivity index (χ2n) is 1.59. The van der Waals surface area contributed by atoms with Gasteiger partial charge >= 0.3 is 0 Å². The van der Waals surface area contributed by atoms with Gasteiger partial charge in [0.25, 0.3) is 0 Å². The van der Waals surface area contributed by atoms with Crippen molar-refractivity contribution in [1.82, 2.24) is 0 Å². The van der Waals surface area contributed by atoms with Crippen LogP contribution in [0.3, 0.4) is 0 Å². The molecule has 0 spiro atoms. The molecule has 0 heterocycles. The molecule has 11 heavy (non-hydrogen) atoms. The Kier molecular flexibility index (Phi) is 5.47. The second kappa shape index (κ2) is 5.92. The zero-order valence-electron chi connectivity index (χ0n) is 6.61. The van der Waals surface area contributed by atoms with E-state index in [2.05, 4.69) is 17.1 Å². The lowest BCUT2D eigenvalue weighted by Crippen LogP contribution is -1.71. The molecule has 0 aliphatic heterocycles. The topological polar surface area (TPSA) is 29.5 Å². The Morgan fingerprint density at radius 2 is 1.64 bits per heavy atom. The van der Waals surface area contributed by atoms with Crippen LogP contribution in [0.2, 0.25) is 0 Å². The van der Waals surface area contributed by atoms with Gasteiger partial charge in [-0.25, -0.2) is 0 Å². The van der Waals surface area contributed by atoms with E-state index in [0.29, 0.717) is 5.75 Å². The van der Waals surface area contributed by atoms with Gasteiger partial charge in [-0.3, -0.25) is 0 Å². The van der Waals surface area contributed by atoms with Gasteiger partial charge in [-0.15, -0.1) is 0 Å². The van der Waals surface area contributed by atoms with Crippen LogP contribution in [-0.2, 0) is 0 Å². The highest BCUT2D eigenvalue weighted by Crippen LogP contribution is 2.16. The van der Waals surface area contributed by atoms with Crippen LogP contribution in [-0.4, -0.2) is 5.11 Å².